The largest absolute Gasteiger partial charge is 0.467 e. The number of aryl methyl sites for hydroxylation is 2. The van der Waals surface area contributed by atoms with Crippen molar-refractivity contribution >= 4 is 37.9 Å². The topological polar surface area (TPSA) is 99.2 Å². The number of hydrogen-bond acceptors (Lipinski definition) is 7. The molecule has 4 rings (SSSR count). The molecule has 0 unspecified atom stereocenters. The maximum Gasteiger partial charge on any atom is 0.342 e. The van der Waals surface area contributed by atoms with E-state index in [4.69, 9.17) is 14.2 Å². The number of ether oxygens (including phenoxy) is 3. The molecule has 0 aromatic heterocycles. The number of benzene rings is 3. The summed E-state index contributed by atoms with van der Waals surface area (Å²) in [5, 5.41) is 0. The van der Waals surface area contributed by atoms with Gasteiger partial charge in [-0.1, -0.05) is 81.7 Å². The van der Waals surface area contributed by atoms with Gasteiger partial charge in [0.2, 0.25) is 10.0 Å². The van der Waals surface area contributed by atoms with Gasteiger partial charge >= 0.3 is 11.9 Å². The van der Waals surface area contributed by atoms with E-state index in [0.717, 1.165) is 29.7 Å². The molecule has 0 bridgehead atoms. The van der Waals surface area contributed by atoms with Gasteiger partial charge in [-0.25, -0.2) is 18.0 Å². The van der Waals surface area contributed by atoms with Crippen LogP contribution < -0.4 is 0 Å². The predicted molar refractivity (Wildman–Crippen MR) is 139 cm³/mol. The van der Waals surface area contributed by atoms with Crippen molar-refractivity contribution in [3.05, 3.63) is 99.5 Å². The average molecular weight is 588 g/mol. The van der Waals surface area contributed by atoms with Crippen molar-refractivity contribution in [2.24, 2.45) is 0 Å². The fourth-order valence-electron chi connectivity index (χ4n) is 4.45. The van der Waals surface area contributed by atoms with E-state index in [9.17, 15) is 18.0 Å². The quantitative estimate of drug-likeness (QED) is 0.306. The predicted octanol–water partition coefficient (Wildman–Crippen LogP) is 4.61. The van der Waals surface area contributed by atoms with Gasteiger partial charge in [-0.2, -0.15) is 0 Å². The highest BCUT2D eigenvalue weighted by Crippen LogP contribution is 2.54. The fourth-order valence-corrected chi connectivity index (χ4v) is 6.67. The van der Waals surface area contributed by atoms with Crippen LogP contribution in [-0.2, 0) is 33.8 Å². The number of rotatable bonds is 6. The van der Waals surface area contributed by atoms with Crippen LogP contribution >= 0.6 is 15.9 Å². The maximum absolute atomic E-state index is 14.3. The smallest absolute Gasteiger partial charge is 0.342 e. The highest BCUT2D eigenvalue weighted by molar-refractivity contribution is 9.10. The molecule has 0 saturated carbocycles. The molecule has 194 valence electrons. The highest BCUT2D eigenvalue weighted by Gasteiger charge is 2.71. The van der Waals surface area contributed by atoms with Gasteiger partial charge in [0.1, 0.15) is 6.10 Å². The number of esters is 2. The van der Waals surface area contributed by atoms with Gasteiger partial charge < -0.3 is 14.2 Å². The molecule has 1 fully saturated rings. The lowest BCUT2D eigenvalue weighted by Crippen LogP contribution is -2.62. The molecule has 8 nitrogen and oxygen atoms in total. The number of carbonyl (C=O) groups is 2. The molecule has 1 aliphatic heterocycles. The standard InChI is InChI=1S/C27H26BrNO7S/c1-17-9-13-19(14-10-17)23-27(25(30)34-3,26(31)35-4)29(24(36-23)21-7-5-6-8-22(21)28)37(32,33)20-15-11-18(2)12-16-20/h5-16,23-24H,1-4H3/t23-,24+/m0/s1. The zero-order valence-electron chi connectivity index (χ0n) is 20.7. The van der Waals surface area contributed by atoms with Gasteiger partial charge in [-0.15, -0.1) is 4.31 Å². The molecule has 1 saturated heterocycles. The molecule has 2 atom stereocenters. The minimum Gasteiger partial charge on any atom is -0.467 e. The first kappa shape index (κ1) is 27.0. The van der Waals surface area contributed by atoms with E-state index in [2.05, 4.69) is 15.9 Å². The summed E-state index contributed by atoms with van der Waals surface area (Å²) in [4.78, 5) is 27.2. The first-order valence-corrected chi connectivity index (χ1v) is 13.6. The number of halogens is 1. The minimum absolute atomic E-state index is 0.125. The van der Waals surface area contributed by atoms with Gasteiger partial charge in [0.25, 0.3) is 5.54 Å². The van der Waals surface area contributed by atoms with Crippen molar-refractivity contribution < 1.29 is 32.2 Å². The van der Waals surface area contributed by atoms with E-state index < -0.39 is 39.8 Å². The molecule has 1 heterocycles. The molecular weight excluding hydrogens is 562 g/mol. The summed E-state index contributed by atoms with van der Waals surface area (Å²) in [6, 6.07) is 19.9. The number of sulfonamides is 1. The Labute approximate surface area is 224 Å². The van der Waals surface area contributed by atoms with Crippen molar-refractivity contribution in [2.45, 2.75) is 36.6 Å². The van der Waals surface area contributed by atoms with Crippen LogP contribution in [0.5, 0.6) is 0 Å². The lowest BCUT2D eigenvalue weighted by molar-refractivity contribution is -0.169. The summed E-state index contributed by atoms with van der Waals surface area (Å²) in [5.41, 5.74) is 0.0336. The molecule has 37 heavy (non-hydrogen) atoms. The van der Waals surface area contributed by atoms with E-state index >= 15 is 0 Å². The van der Waals surface area contributed by atoms with E-state index in [1.165, 1.54) is 12.1 Å². The first-order chi connectivity index (χ1) is 17.6. The van der Waals surface area contributed by atoms with Crippen LogP contribution in [0.25, 0.3) is 0 Å². The average Bonchev–Trinajstić information content (AvgIpc) is 3.26. The summed E-state index contributed by atoms with van der Waals surface area (Å²) in [6.07, 6.45) is -2.77. The van der Waals surface area contributed by atoms with Crippen LogP contribution in [-0.4, -0.2) is 44.4 Å². The lowest BCUT2D eigenvalue weighted by Gasteiger charge is -2.35. The normalized spacial score (nSPS) is 19.4. The third-order valence-electron chi connectivity index (χ3n) is 6.33. The van der Waals surface area contributed by atoms with Crippen LogP contribution in [0, 0.1) is 13.8 Å². The summed E-state index contributed by atoms with van der Waals surface area (Å²) < 4.78 is 46.6. The second kappa shape index (κ2) is 10.4. The van der Waals surface area contributed by atoms with Gasteiger partial charge in [0.05, 0.1) is 19.1 Å². The van der Waals surface area contributed by atoms with E-state index in [-0.39, 0.29) is 4.90 Å². The Bertz CT molecular complexity index is 1410. The molecule has 3 aromatic rings. The van der Waals surface area contributed by atoms with Crippen LogP contribution in [0.3, 0.4) is 0 Å². The summed E-state index contributed by atoms with van der Waals surface area (Å²) in [6.45, 7) is 3.70. The van der Waals surface area contributed by atoms with Crippen molar-refractivity contribution in [3.63, 3.8) is 0 Å². The van der Waals surface area contributed by atoms with E-state index in [1.807, 2.05) is 13.8 Å². The molecule has 0 amide bonds. The van der Waals surface area contributed by atoms with Gasteiger partial charge in [-0.3, -0.25) is 0 Å². The van der Waals surface area contributed by atoms with Crippen LogP contribution in [0.15, 0.2) is 82.2 Å². The second-order valence-electron chi connectivity index (χ2n) is 8.66. The van der Waals surface area contributed by atoms with Crippen LogP contribution in [0.4, 0.5) is 0 Å². The van der Waals surface area contributed by atoms with Gasteiger partial charge in [0.15, 0.2) is 6.23 Å². The van der Waals surface area contributed by atoms with Gasteiger partial charge in [-0.05, 0) is 37.6 Å². The van der Waals surface area contributed by atoms with Crippen molar-refractivity contribution in [2.75, 3.05) is 14.2 Å². The Morgan fingerprint density at radius 3 is 1.89 bits per heavy atom. The molecular formula is C27H26BrNO7S. The third-order valence-corrected chi connectivity index (χ3v) is 8.91. The van der Waals surface area contributed by atoms with Crippen molar-refractivity contribution in [1.29, 1.82) is 0 Å². The SMILES string of the molecule is COC(=O)C1(C(=O)OC)[C@H](c2ccc(C)cc2)O[C@H](c2ccccc2Br)N1S(=O)(=O)c1ccc(C)cc1. The number of methoxy groups -OCH3 is 2. The summed E-state index contributed by atoms with van der Waals surface area (Å²) in [7, 11) is -2.38. The maximum atomic E-state index is 14.3. The Morgan fingerprint density at radius 1 is 0.865 bits per heavy atom. The van der Waals surface area contributed by atoms with Crippen molar-refractivity contribution in [3.8, 4) is 0 Å². The Balaban J connectivity index is 2.10. The Hall–Kier alpha value is -3.05. The monoisotopic (exact) mass is 587 g/mol. The Kier molecular flexibility index (Phi) is 7.57. The highest BCUT2D eigenvalue weighted by atomic mass is 79.9. The van der Waals surface area contributed by atoms with E-state index in [0.29, 0.717) is 15.6 Å². The first-order valence-electron chi connectivity index (χ1n) is 11.3. The van der Waals surface area contributed by atoms with Crippen molar-refractivity contribution in [1.82, 2.24) is 4.31 Å². The minimum atomic E-state index is -4.55. The number of hydrogen-bond donors (Lipinski definition) is 0. The third kappa shape index (κ3) is 4.48. The fraction of sp³-hybridized carbons (Fsp3) is 0.259. The van der Waals surface area contributed by atoms with E-state index in [1.54, 1.807) is 60.7 Å². The lowest BCUT2D eigenvalue weighted by atomic mass is 9.87. The molecule has 3 aromatic carbocycles. The number of carbonyl (C=O) groups excluding carboxylic acids is 2. The molecule has 1 aliphatic rings. The molecule has 0 spiro atoms. The van der Waals surface area contributed by atoms with Crippen LogP contribution in [0.1, 0.15) is 34.6 Å². The van der Waals surface area contributed by atoms with Gasteiger partial charge in [0, 0.05) is 10.0 Å². The molecule has 0 aliphatic carbocycles. The molecule has 10 heteroatoms. The number of nitrogens with zero attached hydrogens (tertiary/aromatic N) is 1. The second-order valence-corrected chi connectivity index (χ2v) is 11.3. The Morgan fingerprint density at radius 2 is 1.38 bits per heavy atom. The molecule has 0 radical (unpaired) electrons. The summed E-state index contributed by atoms with van der Waals surface area (Å²) in [5.74, 6) is -2.26. The zero-order valence-corrected chi connectivity index (χ0v) is 23.1. The zero-order chi connectivity index (χ0) is 27.0. The molecule has 0 N–H and O–H groups in total. The summed E-state index contributed by atoms with van der Waals surface area (Å²) >= 11 is 3.46. The van der Waals surface area contributed by atoms with Crippen LogP contribution in [0.2, 0.25) is 0 Å².